The second-order valence-corrected chi connectivity index (χ2v) is 3.74. The average molecular weight is 216 g/mol. The Morgan fingerprint density at radius 1 is 0.750 bits per heavy atom. The molecule has 0 radical (unpaired) electrons. The Kier molecular flexibility index (Phi) is 2.44. The van der Waals surface area contributed by atoms with E-state index in [-0.39, 0.29) is 17.2 Å². The summed E-state index contributed by atoms with van der Waals surface area (Å²) in [7, 11) is 0. The first-order valence-corrected chi connectivity index (χ1v) is 4.89. The van der Waals surface area contributed by atoms with Crippen LogP contribution in [0, 0.1) is 6.92 Å². The quantitative estimate of drug-likeness (QED) is 0.686. The van der Waals surface area contributed by atoms with Gasteiger partial charge in [0.05, 0.1) is 0 Å². The number of aryl methyl sites for hydroxylation is 1. The number of phenolic OH excluding ortho intramolecular Hbond substituents is 3. The van der Waals surface area contributed by atoms with Crippen LogP contribution in [-0.2, 0) is 0 Å². The topological polar surface area (TPSA) is 60.7 Å². The Morgan fingerprint density at radius 3 is 1.94 bits per heavy atom. The Bertz CT molecular complexity index is 512. The summed E-state index contributed by atoms with van der Waals surface area (Å²) in [6.45, 7) is 1.86. The lowest BCUT2D eigenvalue weighted by atomic mass is 10.00. The molecule has 0 heterocycles. The van der Waals surface area contributed by atoms with Crippen molar-refractivity contribution in [3.05, 3.63) is 42.0 Å². The Morgan fingerprint density at radius 2 is 1.38 bits per heavy atom. The summed E-state index contributed by atoms with van der Waals surface area (Å²) in [5, 5.41) is 28.1. The van der Waals surface area contributed by atoms with Crippen molar-refractivity contribution in [1.82, 2.24) is 0 Å². The molecule has 0 aliphatic heterocycles. The maximum atomic E-state index is 9.39. The Hall–Kier alpha value is -2.16. The van der Waals surface area contributed by atoms with Crippen LogP contribution in [0.4, 0.5) is 0 Å². The summed E-state index contributed by atoms with van der Waals surface area (Å²) in [4.78, 5) is 0. The standard InChI is InChI=1S/C13H12O3/c1-8-4-10(14)2-3-13(8)9-5-11(15)7-12(16)6-9/h2-7,14-16H,1H3. The number of benzene rings is 2. The molecule has 0 spiro atoms. The lowest BCUT2D eigenvalue weighted by Gasteiger charge is -2.07. The lowest BCUT2D eigenvalue weighted by Crippen LogP contribution is -1.83. The molecule has 0 unspecified atom stereocenters. The molecular formula is C13H12O3. The van der Waals surface area contributed by atoms with Crippen molar-refractivity contribution in [3.63, 3.8) is 0 Å². The third-order valence-corrected chi connectivity index (χ3v) is 2.42. The van der Waals surface area contributed by atoms with E-state index in [1.807, 2.05) is 6.92 Å². The van der Waals surface area contributed by atoms with Gasteiger partial charge in [0.2, 0.25) is 0 Å². The fraction of sp³-hybridized carbons (Fsp3) is 0.0769. The van der Waals surface area contributed by atoms with Gasteiger partial charge in [0.1, 0.15) is 17.2 Å². The fourth-order valence-electron chi connectivity index (χ4n) is 1.72. The maximum absolute atomic E-state index is 9.39. The molecule has 2 aromatic rings. The van der Waals surface area contributed by atoms with E-state index < -0.39 is 0 Å². The number of hydrogen-bond donors (Lipinski definition) is 3. The third-order valence-electron chi connectivity index (χ3n) is 2.42. The highest BCUT2D eigenvalue weighted by Crippen LogP contribution is 2.31. The summed E-state index contributed by atoms with van der Waals surface area (Å²) in [5.74, 6) is 0.232. The van der Waals surface area contributed by atoms with Crippen molar-refractivity contribution in [2.75, 3.05) is 0 Å². The Balaban J connectivity index is 2.58. The molecule has 2 rings (SSSR count). The highest BCUT2D eigenvalue weighted by molar-refractivity contribution is 5.70. The molecule has 82 valence electrons. The second kappa shape index (κ2) is 3.77. The lowest BCUT2D eigenvalue weighted by molar-refractivity contribution is 0.451. The minimum atomic E-state index is 0.0162. The summed E-state index contributed by atoms with van der Waals surface area (Å²) >= 11 is 0. The van der Waals surface area contributed by atoms with Crippen LogP contribution in [0.25, 0.3) is 11.1 Å². The molecule has 0 fully saturated rings. The van der Waals surface area contributed by atoms with Crippen LogP contribution in [0.1, 0.15) is 5.56 Å². The predicted octanol–water partition coefficient (Wildman–Crippen LogP) is 2.78. The molecule has 0 aliphatic rings. The van der Waals surface area contributed by atoms with Gasteiger partial charge in [-0.2, -0.15) is 0 Å². The van der Waals surface area contributed by atoms with E-state index in [0.29, 0.717) is 0 Å². The maximum Gasteiger partial charge on any atom is 0.119 e. The smallest absolute Gasteiger partial charge is 0.119 e. The highest BCUT2D eigenvalue weighted by atomic mass is 16.3. The molecule has 16 heavy (non-hydrogen) atoms. The van der Waals surface area contributed by atoms with Gasteiger partial charge in [0.15, 0.2) is 0 Å². The summed E-state index contributed by atoms with van der Waals surface area (Å²) in [6, 6.07) is 9.37. The molecule has 0 bridgehead atoms. The van der Waals surface area contributed by atoms with Crippen LogP contribution >= 0.6 is 0 Å². The number of hydrogen-bond acceptors (Lipinski definition) is 3. The van der Waals surface area contributed by atoms with Crippen LogP contribution < -0.4 is 0 Å². The van der Waals surface area contributed by atoms with Crippen LogP contribution in [0.15, 0.2) is 36.4 Å². The SMILES string of the molecule is Cc1cc(O)ccc1-c1cc(O)cc(O)c1. The van der Waals surface area contributed by atoms with Gasteiger partial charge in [-0.25, -0.2) is 0 Å². The largest absolute Gasteiger partial charge is 0.508 e. The van der Waals surface area contributed by atoms with Gasteiger partial charge in [-0.15, -0.1) is 0 Å². The minimum absolute atomic E-state index is 0.0162. The van der Waals surface area contributed by atoms with Crippen molar-refractivity contribution >= 4 is 0 Å². The van der Waals surface area contributed by atoms with Crippen molar-refractivity contribution < 1.29 is 15.3 Å². The summed E-state index contributed by atoms with van der Waals surface area (Å²) in [6.07, 6.45) is 0. The van der Waals surface area contributed by atoms with E-state index in [1.54, 1.807) is 30.3 Å². The van der Waals surface area contributed by atoms with Crippen molar-refractivity contribution in [1.29, 1.82) is 0 Å². The molecule has 0 saturated carbocycles. The first-order valence-electron chi connectivity index (χ1n) is 4.89. The van der Waals surface area contributed by atoms with Gasteiger partial charge in [0.25, 0.3) is 0 Å². The van der Waals surface area contributed by atoms with Gasteiger partial charge in [0, 0.05) is 6.07 Å². The van der Waals surface area contributed by atoms with Gasteiger partial charge in [-0.3, -0.25) is 0 Å². The number of phenols is 3. The van der Waals surface area contributed by atoms with E-state index in [9.17, 15) is 15.3 Å². The van der Waals surface area contributed by atoms with Crippen molar-refractivity contribution in [2.24, 2.45) is 0 Å². The molecule has 0 amide bonds. The van der Waals surface area contributed by atoms with Gasteiger partial charge < -0.3 is 15.3 Å². The summed E-state index contributed by atoms with van der Waals surface area (Å²) in [5.41, 5.74) is 2.46. The molecule has 3 nitrogen and oxygen atoms in total. The fourth-order valence-corrected chi connectivity index (χ4v) is 1.72. The molecule has 3 N–H and O–H groups in total. The molecule has 0 saturated heterocycles. The zero-order chi connectivity index (χ0) is 11.7. The number of rotatable bonds is 1. The number of aromatic hydroxyl groups is 3. The van der Waals surface area contributed by atoms with Crippen molar-refractivity contribution in [2.45, 2.75) is 6.92 Å². The minimum Gasteiger partial charge on any atom is -0.508 e. The van der Waals surface area contributed by atoms with Crippen LogP contribution in [0.5, 0.6) is 17.2 Å². The Labute approximate surface area is 93.2 Å². The molecule has 2 aromatic carbocycles. The van der Waals surface area contributed by atoms with Gasteiger partial charge in [-0.05, 0) is 47.9 Å². The van der Waals surface area contributed by atoms with Crippen LogP contribution in [-0.4, -0.2) is 15.3 Å². The first-order chi connectivity index (χ1) is 7.56. The monoisotopic (exact) mass is 216 g/mol. The second-order valence-electron chi connectivity index (χ2n) is 3.74. The third kappa shape index (κ3) is 1.93. The molecular weight excluding hydrogens is 204 g/mol. The van der Waals surface area contributed by atoms with Crippen LogP contribution in [0.3, 0.4) is 0 Å². The molecule has 0 atom stereocenters. The van der Waals surface area contributed by atoms with E-state index in [0.717, 1.165) is 16.7 Å². The highest BCUT2D eigenvalue weighted by Gasteiger charge is 2.05. The molecule has 3 heteroatoms. The van der Waals surface area contributed by atoms with Gasteiger partial charge >= 0.3 is 0 Å². The summed E-state index contributed by atoms with van der Waals surface area (Å²) < 4.78 is 0. The van der Waals surface area contributed by atoms with E-state index in [2.05, 4.69) is 0 Å². The normalized spacial score (nSPS) is 10.3. The first kappa shape index (κ1) is 10.4. The molecule has 0 aromatic heterocycles. The van der Waals surface area contributed by atoms with E-state index in [4.69, 9.17) is 0 Å². The predicted molar refractivity (Wildman–Crippen MR) is 61.6 cm³/mol. The van der Waals surface area contributed by atoms with E-state index in [1.165, 1.54) is 6.07 Å². The van der Waals surface area contributed by atoms with Gasteiger partial charge in [-0.1, -0.05) is 6.07 Å². The average Bonchev–Trinajstić information content (AvgIpc) is 2.15. The molecule has 0 aliphatic carbocycles. The van der Waals surface area contributed by atoms with Crippen LogP contribution in [0.2, 0.25) is 0 Å². The zero-order valence-electron chi connectivity index (χ0n) is 8.81. The van der Waals surface area contributed by atoms with E-state index >= 15 is 0 Å². The zero-order valence-corrected chi connectivity index (χ0v) is 8.81. The van der Waals surface area contributed by atoms with Crippen molar-refractivity contribution in [3.8, 4) is 28.4 Å².